The summed E-state index contributed by atoms with van der Waals surface area (Å²) in [5.41, 5.74) is 3.91. The first kappa shape index (κ1) is 15.3. The fourth-order valence-electron chi connectivity index (χ4n) is 2.53. The smallest absolute Gasteiger partial charge is 0.0576 e. The first-order valence-electron chi connectivity index (χ1n) is 6.73. The summed E-state index contributed by atoms with van der Waals surface area (Å²) in [4.78, 5) is 0. The van der Waals surface area contributed by atoms with Crippen molar-refractivity contribution in [3.8, 4) is 0 Å². The van der Waals surface area contributed by atoms with Crippen LogP contribution in [0.5, 0.6) is 0 Å². The molecule has 2 atom stereocenters. The summed E-state index contributed by atoms with van der Waals surface area (Å²) in [5.74, 6) is 5.66. The van der Waals surface area contributed by atoms with Gasteiger partial charge in [0.1, 0.15) is 0 Å². The van der Waals surface area contributed by atoms with Crippen LogP contribution in [0.1, 0.15) is 43.7 Å². The molecule has 0 aromatic heterocycles. The summed E-state index contributed by atoms with van der Waals surface area (Å²) >= 11 is 9.70. The predicted molar refractivity (Wildman–Crippen MR) is 82.0 cm³/mol. The SMILES string of the molecule is NNC(CCCC1CCCO1)c1cc(Br)ccc1Cl. The van der Waals surface area contributed by atoms with Gasteiger partial charge in [-0.15, -0.1) is 0 Å². The highest BCUT2D eigenvalue weighted by Crippen LogP contribution is 2.29. The van der Waals surface area contributed by atoms with Crippen molar-refractivity contribution in [2.24, 2.45) is 5.84 Å². The monoisotopic (exact) mass is 346 g/mol. The van der Waals surface area contributed by atoms with Gasteiger partial charge in [0.2, 0.25) is 0 Å². The van der Waals surface area contributed by atoms with Crippen LogP contribution in [0.15, 0.2) is 22.7 Å². The molecule has 106 valence electrons. The van der Waals surface area contributed by atoms with Crippen molar-refractivity contribution >= 4 is 27.5 Å². The van der Waals surface area contributed by atoms with Gasteiger partial charge in [-0.1, -0.05) is 27.5 Å². The Bertz CT molecular complexity index is 410. The Morgan fingerprint density at radius 3 is 3.05 bits per heavy atom. The van der Waals surface area contributed by atoms with Crippen molar-refractivity contribution in [1.82, 2.24) is 5.43 Å². The van der Waals surface area contributed by atoms with E-state index in [0.717, 1.165) is 40.9 Å². The highest BCUT2D eigenvalue weighted by Gasteiger charge is 2.17. The largest absolute Gasteiger partial charge is 0.378 e. The second-order valence-corrected chi connectivity index (χ2v) is 6.27. The number of benzene rings is 1. The average molecular weight is 348 g/mol. The molecule has 1 aliphatic rings. The Morgan fingerprint density at radius 2 is 2.37 bits per heavy atom. The van der Waals surface area contributed by atoms with Gasteiger partial charge in [0.15, 0.2) is 0 Å². The molecule has 0 radical (unpaired) electrons. The molecule has 5 heteroatoms. The summed E-state index contributed by atoms with van der Waals surface area (Å²) < 4.78 is 6.65. The Kier molecular flexibility index (Phi) is 6.10. The quantitative estimate of drug-likeness (QED) is 0.605. The minimum Gasteiger partial charge on any atom is -0.378 e. The van der Waals surface area contributed by atoms with Gasteiger partial charge in [-0.2, -0.15) is 0 Å². The third-order valence-electron chi connectivity index (χ3n) is 3.58. The minimum absolute atomic E-state index is 0.0893. The lowest BCUT2D eigenvalue weighted by molar-refractivity contribution is 0.101. The van der Waals surface area contributed by atoms with Crippen molar-refractivity contribution in [2.45, 2.75) is 44.2 Å². The summed E-state index contributed by atoms with van der Waals surface area (Å²) in [6, 6.07) is 5.95. The molecule has 1 heterocycles. The number of hydrogen-bond donors (Lipinski definition) is 2. The molecule has 1 saturated heterocycles. The van der Waals surface area contributed by atoms with Gasteiger partial charge in [0.25, 0.3) is 0 Å². The minimum atomic E-state index is 0.0893. The standard InChI is InChI=1S/C14H20BrClN2O/c15-10-6-7-13(16)12(9-10)14(18-17)5-1-3-11-4-2-8-19-11/h6-7,9,11,14,18H,1-5,8,17H2. The summed E-state index contributed by atoms with van der Waals surface area (Å²) in [7, 11) is 0. The van der Waals surface area contributed by atoms with Crippen LogP contribution in [0, 0.1) is 0 Å². The third kappa shape index (κ3) is 4.43. The molecule has 19 heavy (non-hydrogen) atoms. The number of rotatable bonds is 6. The average Bonchev–Trinajstić information content (AvgIpc) is 2.91. The molecule has 0 saturated carbocycles. The van der Waals surface area contributed by atoms with Crippen molar-refractivity contribution in [3.05, 3.63) is 33.3 Å². The molecule has 2 rings (SSSR count). The van der Waals surface area contributed by atoms with E-state index in [4.69, 9.17) is 22.2 Å². The number of hydrogen-bond acceptors (Lipinski definition) is 3. The molecule has 3 N–H and O–H groups in total. The van der Waals surface area contributed by atoms with E-state index in [2.05, 4.69) is 21.4 Å². The van der Waals surface area contributed by atoms with Crippen LogP contribution in [0.2, 0.25) is 5.02 Å². The summed E-state index contributed by atoms with van der Waals surface area (Å²) in [6.45, 7) is 0.917. The number of nitrogens with two attached hydrogens (primary N) is 1. The van der Waals surface area contributed by atoms with Gasteiger partial charge >= 0.3 is 0 Å². The fourth-order valence-corrected chi connectivity index (χ4v) is 3.16. The van der Waals surface area contributed by atoms with Crippen LogP contribution in [0.4, 0.5) is 0 Å². The molecular formula is C14H20BrClN2O. The number of hydrazine groups is 1. The highest BCUT2D eigenvalue weighted by molar-refractivity contribution is 9.10. The van der Waals surface area contributed by atoms with E-state index in [1.54, 1.807) is 0 Å². The lowest BCUT2D eigenvalue weighted by Crippen LogP contribution is -2.28. The first-order chi connectivity index (χ1) is 9.20. The lowest BCUT2D eigenvalue weighted by atomic mass is 9.99. The van der Waals surface area contributed by atoms with E-state index >= 15 is 0 Å². The van der Waals surface area contributed by atoms with Crippen molar-refractivity contribution in [3.63, 3.8) is 0 Å². The Morgan fingerprint density at radius 1 is 1.53 bits per heavy atom. The van der Waals surface area contributed by atoms with Gasteiger partial charge in [0.05, 0.1) is 6.10 Å². The molecule has 0 bridgehead atoms. The molecule has 0 spiro atoms. The van der Waals surface area contributed by atoms with Gasteiger partial charge in [-0.05, 0) is 55.9 Å². The second-order valence-electron chi connectivity index (χ2n) is 4.95. The summed E-state index contributed by atoms with van der Waals surface area (Å²) in [5, 5.41) is 0.753. The maximum Gasteiger partial charge on any atom is 0.0576 e. The molecular weight excluding hydrogens is 328 g/mol. The predicted octanol–water partition coefficient (Wildman–Crippen LogP) is 3.96. The van der Waals surface area contributed by atoms with Crippen molar-refractivity contribution < 1.29 is 4.74 Å². The van der Waals surface area contributed by atoms with E-state index in [-0.39, 0.29) is 6.04 Å². The van der Waals surface area contributed by atoms with Crippen LogP contribution in [0.3, 0.4) is 0 Å². The van der Waals surface area contributed by atoms with E-state index in [1.165, 1.54) is 12.8 Å². The zero-order valence-corrected chi connectivity index (χ0v) is 13.2. The number of nitrogens with one attached hydrogen (secondary N) is 1. The topological polar surface area (TPSA) is 47.3 Å². The maximum atomic E-state index is 6.23. The molecule has 3 nitrogen and oxygen atoms in total. The zero-order chi connectivity index (χ0) is 13.7. The lowest BCUT2D eigenvalue weighted by Gasteiger charge is -2.19. The molecule has 1 aliphatic heterocycles. The maximum absolute atomic E-state index is 6.23. The normalized spacial score (nSPS) is 20.7. The van der Waals surface area contributed by atoms with Gasteiger partial charge in [-0.3, -0.25) is 11.3 Å². The van der Waals surface area contributed by atoms with Gasteiger partial charge in [-0.25, -0.2) is 0 Å². The fraction of sp³-hybridized carbons (Fsp3) is 0.571. The van der Waals surface area contributed by atoms with E-state index in [1.807, 2.05) is 18.2 Å². The molecule has 1 aromatic rings. The van der Waals surface area contributed by atoms with Crippen LogP contribution >= 0.6 is 27.5 Å². The van der Waals surface area contributed by atoms with Crippen LogP contribution in [0.25, 0.3) is 0 Å². The third-order valence-corrected chi connectivity index (χ3v) is 4.41. The molecule has 0 aliphatic carbocycles. The number of halogens is 2. The van der Waals surface area contributed by atoms with Crippen molar-refractivity contribution in [2.75, 3.05) is 6.61 Å². The van der Waals surface area contributed by atoms with Gasteiger partial charge < -0.3 is 4.74 Å². The van der Waals surface area contributed by atoms with E-state index in [9.17, 15) is 0 Å². The van der Waals surface area contributed by atoms with Crippen LogP contribution in [-0.2, 0) is 4.74 Å². The van der Waals surface area contributed by atoms with E-state index < -0.39 is 0 Å². The van der Waals surface area contributed by atoms with E-state index in [0.29, 0.717) is 6.10 Å². The molecule has 2 unspecified atom stereocenters. The Balaban J connectivity index is 1.89. The second kappa shape index (κ2) is 7.60. The molecule has 0 amide bonds. The molecule has 1 aromatic carbocycles. The Labute approximate surface area is 127 Å². The van der Waals surface area contributed by atoms with Gasteiger partial charge in [0, 0.05) is 22.1 Å². The van der Waals surface area contributed by atoms with Crippen LogP contribution < -0.4 is 11.3 Å². The highest BCUT2D eigenvalue weighted by atomic mass is 79.9. The van der Waals surface area contributed by atoms with Crippen LogP contribution in [-0.4, -0.2) is 12.7 Å². The van der Waals surface area contributed by atoms with Crippen molar-refractivity contribution in [1.29, 1.82) is 0 Å². The summed E-state index contributed by atoms with van der Waals surface area (Å²) in [6.07, 6.45) is 5.98. The molecule has 1 fully saturated rings. The first-order valence-corrected chi connectivity index (χ1v) is 7.90. The number of ether oxygens (including phenoxy) is 1. The Hall–Kier alpha value is -0.130. The zero-order valence-electron chi connectivity index (χ0n) is 10.9.